The van der Waals surface area contributed by atoms with Gasteiger partial charge in [-0.25, -0.2) is 9.97 Å². The summed E-state index contributed by atoms with van der Waals surface area (Å²) in [6, 6.07) is 1.81. The first-order valence-electron chi connectivity index (χ1n) is 4.94. The van der Waals surface area contributed by atoms with Gasteiger partial charge in [0.2, 0.25) is 5.95 Å². The number of rotatable bonds is 2. The van der Waals surface area contributed by atoms with Crippen LogP contribution in [0.15, 0.2) is 29.6 Å². The maximum Gasteiger partial charge on any atom is 0.225 e. The standard InChI is InChI=1S/C11H14N4/c1-8-6-15(7-10(8)9(2)12)11-13-4-3-5-14-11/h3-5,12H,6-7H2,1-2H3. The van der Waals surface area contributed by atoms with E-state index in [1.807, 2.05) is 13.0 Å². The number of anilines is 1. The third-order valence-corrected chi connectivity index (χ3v) is 2.58. The molecule has 2 heterocycles. The number of hydrogen-bond donors (Lipinski definition) is 1. The molecular formula is C11H14N4. The Hall–Kier alpha value is -1.71. The summed E-state index contributed by atoms with van der Waals surface area (Å²) in [5, 5.41) is 7.65. The lowest BCUT2D eigenvalue weighted by atomic mass is 10.1. The molecular weight excluding hydrogens is 188 g/mol. The summed E-state index contributed by atoms with van der Waals surface area (Å²) in [5.41, 5.74) is 3.00. The summed E-state index contributed by atoms with van der Waals surface area (Å²) < 4.78 is 0. The molecule has 1 N–H and O–H groups in total. The molecule has 15 heavy (non-hydrogen) atoms. The molecule has 0 saturated heterocycles. The third kappa shape index (κ3) is 1.88. The second-order valence-corrected chi connectivity index (χ2v) is 3.79. The molecule has 0 fully saturated rings. The molecule has 0 radical (unpaired) electrons. The maximum absolute atomic E-state index is 7.65. The first-order valence-corrected chi connectivity index (χ1v) is 4.94. The van der Waals surface area contributed by atoms with E-state index in [0.29, 0.717) is 5.71 Å². The van der Waals surface area contributed by atoms with Gasteiger partial charge in [-0.2, -0.15) is 0 Å². The van der Waals surface area contributed by atoms with E-state index in [1.54, 1.807) is 12.4 Å². The number of aromatic nitrogens is 2. The predicted molar refractivity (Wildman–Crippen MR) is 60.3 cm³/mol. The molecule has 0 saturated carbocycles. The molecule has 0 unspecified atom stereocenters. The largest absolute Gasteiger partial charge is 0.332 e. The summed E-state index contributed by atoms with van der Waals surface area (Å²) in [6.45, 7) is 5.48. The second-order valence-electron chi connectivity index (χ2n) is 3.79. The Morgan fingerprint density at radius 2 is 2.00 bits per heavy atom. The maximum atomic E-state index is 7.65. The fraction of sp³-hybridized carbons (Fsp3) is 0.364. The highest BCUT2D eigenvalue weighted by atomic mass is 15.3. The van der Waals surface area contributed by atoms with Gasteiger partial charge in [0.05, 0.1) is 0 Å². The van der Waals surface area contributed by atoms with Crippen molar-refractivity contribution in [3.8, 4) is 0 Å². The van der Waals surface area contributed by atoms with Crippen molar-refractivity contribution in [3.05, 3.63) is 29.6 Å². The van der Waals surface area contributed by atoms with Gasteiger partial charge in [0, 0.05) is 31.2 Å². The van der Waals surface area contributed by atoms with Crippen molar-refractivity contribution < 1.29 is 0 Å². The van der Waals surface area contributed by atoms with Crippen molar-refractivity contribution >= 4 is 11.7 Å². The van der Waals surface area contributed by atoms with Crippen LogP contribution >= 0.6 is 0 Å². The van der Waals surface area contributed by atoms with Gasteiger partial charge in [0.15, 0.2) is 0 Å². The van der Waals surface area contributed by atoms with Crippen LogP contribution in [0.25, 0.3) is 0 Å². The molecule has 0 atom stereocenters. The van der Waals surface area contributed by atoms with Crippen molar-refractivity contribution in [3.63, 3.8) is 0 Å². The van der Waals surface area contributed by atoms with Crippen LogP contribution < -0.4 is 4.90 Å². The Labute approximate surface area is 89.2 Å². The van der Waals surface area contributed by atoms with Gasteiger partial charge in [-0.3, -0.25) is 0 Å². The first-order chi connectivity index (χ1) is 7.18. The molecule has 4 heteroatoms. The van der Waals surface area contributed by atoms with E-state index in [9.17, 15) is 0 Å². The van der Waals surface area contributed by atoms with Crippen molar-refractivity contribution in [1.29, 1.82) is 5.41 Å². The van der Waals surface area contributed by atoms with Crippen LogP contribution in [-0.4, -0.2) is 28.8 Å². The minimum Gasteiger partial charge on any atom is -0.332 e. The molecule has 78 valence electrons. The SMILES string of the molecule is CC(=N)C1=C(C)CN(c2ncccn2)C1. The number of nitrogens with zero attached hydrogens (tertiary/aromatic N) is 3. The Morgan fingerprint density at radius 1 is 1.33 bits per heavy atom. The average molecular weight is 202 g/mol. The Morgan fingerprint density at radius 3 is 2.53 bits per heavy atom. The third-order valence-electron chi connectivity index (χ3n) is 2.58. The van der Waals surface area contributed by atoms with Crippen LogP contribution in [-0.2, 0) is 0 Å². The second kappa shape index (κ2) is 3.81. The molecule has 0 spiro atoms. The van der Waals surface area contributed by atoms with E-state index >= 15 is 0 Å². The van der Waals surface area contributed by atoms with E-state index in [-0.39, 0.29) is 0 Å². The minimum absolute atomic E-state index is 0.644. The van der Waals surface area contributed by atoms with E-state index in [4.69, 9.17) is 5.41 Å². The highest BCUT2D eigenvalue weighted by Crippen LogP contribution is 2.21. The molecule has 1 aliphatic heterocycles. The zero-order chi connectivity index (χ0) is 10.8. The summed E-state index contributed by atoms with van der Waals surface area (Å²) in [4.78, 5) is 10.5. The zero-order valence-electron chi connectivity index (χ0n) is 8.99. The van der Waals surface area contributed by atoms with Gasteiger partial charge in [0.1, 0.15) is 0 Å². The monoisotopic (exact) mass is 202 g/mol. The van der Waals surface area contributed by atoms with Gasteiger partial charge in [-0.15, -0.1) is 0 Å². The summed E-state index contributed by atoms with van der Waals surface area (Å²) in [5.74, 6) is 0.744. The van der Waals surface area contributed by atoms with Crippen LogP contribution in [0.3, 0.4) is 0 Å². The number of nitrogens with one attached hydrogen (secondary N) is 1. The molecule has 1 aliphatic rings. The molecule has 1 aromatic rings. The van der Waals surface area contributed by atoms with Crippen molar-refractivity contribution in [2.24, 2.45) is 0 Å². The van der Waals surface area contributed by atoms with Crippen LogP contribution in [0.1, 0.15) is 13.8 Å². The van der Waals surface area contributed by atoms with Crippen LogP contribution in [0.2, 0.25) is 0 Å². The Bertz CT molecular complexity index is 408. The van der Waals surface area contributed by atoms with Crippen molar-refractivity contribution in [1.82, 2.24) is 9.97 Å². The van der Waals surface area contributed by atoms with Crippen LogP contribution in [0, 0.1) is 5.41 Å². The Balaban J connectivity index is 2.17. The highest BCUT2D eigenvalue weighted by Gasteiger charge is 2.21. The summed E-state index contributed by atoms with van der Waals surface area (Å²) >= 11 is 0. The highest BCUT2D eigenvalue weighted by molar-refractivity contribution is 5.98. The van der Waals surface area contributed by atoms with Crippen LogP contribution in [0.5, 0.6) is 0 Å². The lowest BCUT2D eigenvalue weighted by molar-refractivity contribution is 0.907. The fourth-order valence-electron chi connectivity index (χ4n) is 1.80. The Kier molecular flexibility index (Phi) is 2.49. The topological polar surface area (TPSA) is 52.9 Å². The van der Waals surface area contributed by atoms with Gasteiger partial charge in [-0.1, -0.05) is 0 Å². The molecule has 0 aromatic carbocycles. The molecule has 0 aliphatic carbocycles. The van der Waals surface area contributed by atoms with Crippen molar-refractivity contribution in [2.45, 2.75) is 13.8 Å². The fourth-order valence-corrected chi connectivity index (χ4v) is 1.80. The molecule has 2 rings (SSSR count). The molecule has 0 amide bonds. The molecule has 1 aromatic heterocycles. The molecule has 4 nitrogen and oxygen atoms in total. The van der Waals surface area contributed by atoms with Gasteiger partial charge in [-0.05, 0) is 31.1 Å². The van der Waals surface area contributed by atoms with E-state index in [2.05, 4.69) is 21.8 Å². The average Bonchev–Trinajstić information content (AvgIpc) is 2.62. The van der Waals surface area contributed by atoms with Crippen LogP contribution in [0.4, 0.5) is 5.95 Å². The summed E-state index contributed by atoms with van der Waals surface area (Å²) in [7, 11) is 0. The lowest BCUT2D eigenvalue weighted by Gasteiger charge is -2.15. The van der Waals surface area contributed by atoms with Crippen molar-refractivity contribution in [2.75, 3.05) is 18.0 Å². The number of hydrogen-bond acceptors (Lipinski definition) is 4. The lowest BCUT2D eigenvalue weighted by Crippen LogP contribution is -2.23. The van der Waals surface area contributed by atoms with Gasteiger partial charge in [0.25, 0.3) is 0 Å². The predicted octanol–water partition coefficient (Wildman–Crippen LogP) is 1.65. The van der Waals surface area contributed by atoms with E-state index in [0.717, 1.165) is 24.6 Å². The molecule has 0 bridgehead atoms. The zero-order valence-corrected chi connectivity index (χ0v) is 8.99. The normalized spacial score (nSPS) is 16.0. The van der Waals surface area contributed by atoms with E-state index in [1.165, 1.54) is 5.57 Å². The van der Waals surface area contributed by atoms with Gasteiger partial charge < -0.3 is 10.3 Å². The summed E-state index contributed by atoms with van der Waals surface area (Å²) in [6.07, 6.45) is 3.49. The van der Waals surface area contributed by atoms with Gasteiger partial charge >= 0.3 is 0 Å². The minimum atomic E-state index is 0.644. The quantitative estimate of drug-likeness (QED) is 0.742. The first kappa shape index (κ1) is 9.83. The smallest absolute Gasteiger partial charge is 0.225 e. The van der Waals surface area contributed by atoms with E-state index < -0.39 is 0 Å².